The molecule has 6 nitrogen and oxygen atoms in total. The van der Waals surface area contributed by atoms with Gasteiger partial charge in [-0.25, -0.2) is 9.59 Å². The first-order chi connectivity index (χ1) is 16.2. The Morgan fingerprint density at radius 1 is 0.912 bits per heavy atom. The van der Waals surface area contributed by atoms with E-state index in [-0.39, 0.29) is 18.1 Å². The molecular formula is C25H20F3NO5. The summed E-state index contributed by atoms with van der Waals surface area (Å²) in [6, 6.07) is 19.1. The summed E-state index contributed by atoms with van der Waals surface area (Å²) < 4.78 is 47.3. The van der Waals surface area contributed by atoms with E-state index in [1.165, 1.54) is 18.2 Å². The lowest BCUT2D eigenvalue weighted by molar-refractivity contribution is -0.274. The van der Waals surface area contributed by atoms with Gasteiger partial charge in [0.15, 0.2) is 0 Å². The first kappa shape index (κ1) is 23.2. The summed E-state index contributed by atoms with van der Waals surface area (Å²) >= 11 is 0. The van der Waals surface area contributed by atoms with Crippen molar-refractivity contribution < 1.29 is 37.3 Å². The number of ether oxygens (including phenoxy) is 2. The van der Waals surface area contributed by atoms with E-state index in [9.17, 15) is 27.9 Å². The van der Waals surface area contributed by atoms with Gasteiger partial charge in [-0.15, -0.1) is 13.2 Å². The highest BCUT2D eigenvalue weighted by Gasteiger charge is 2.33. The number of alkyl halides is 3. The number of carboxylic acids is 1. The topological polar surface area (TPSA) is 84.9 Å². The minimum atomic E-state index is -4.94. The SMILES string of the molecule is O=C(NC(Cc1ccccc1OC(F)(F)F)C(=O)O)OCC1c2ccccc2-c2ccccc21. The number of alkyl carbamates (subject to hydrolysis) is 1. The molecule has 0 saturated heterocycles. The third-order valence-electron chi connectivity index (χ3n) is 5.56. The highest BCUT2D eigenvalue weighted by atomic mass is 19.4. The van der Waals surface area contributed by atoms with Crippen LogP contribution >= 0.6 is 0 Å². The average molecular weight is 471 g/mol. The van der Waals surface area contributed by atoms with Crippen molar-refractivity contribution in [3.8, 4) is 16.9 Å². The van der Waals surface area contributed by atoms with Crippen LogP contribution < -0.4 is 10.1 Å². The molecule has 1 aliphatic carbocycles. The maximum atomic E-state index is 12.7. The molecule has 0 spiro atoms. The van der Waals surface area contributed by atoms with E-state index in [0.29, 0.717) is 0 Å². The third-order valence-corrected chi connectivity index (χ3v) is 5.56. The smallest absolute Gasteiger partial charge is 0.480 e. The monoisotopic (exact) mass is 471 g/mol. The standard InChI is InChI=1S/C25H20F3NO5/c26-25(27,28)34-22-12-6-1-7-15(22)13-21(23(30)31)29-24(32)33-14-20-18-10-4-2-8-16(18)17-9-3-5-11-19(17)20/h1-12,20-21H,13-14H2,(H,29,32)(H,30,31). The Morgan fingerprint density at radius 3 is 2.06 bits per heavy atom. The van der Waals surface area contributed by atoms with E-state index < -0.39 is 36.6 Å². The number of carbonyl (C=O) groups is 2. The summed E-state index contributed by atoms with van der Waals surface area (Å²) in [6.45, 7) is -0.0278. The van der Waals surface area contributed by atoms with Crippen molar-refractivity contribution in [2.45, 2.75) is 24.7 Å². The van der Waals surface area contributed by atoms with E-state index in [2.05, 4.69) is 10.1 Å². The summed E-state index contributed by atoms with van der Waals surface area (Å²) in [5.74, 6) is -2.17. The number of carboxylic acid groups (broad SMARTS) is 1. The number of hydrogen-bond acceptors (Lipinski definition) is 4. The number of carbonyl (C=O) groups excluding carboxylic acids is 1. The van der Waals surface area contributed by atoms with Gasteiger partial charge in [-0.2, -0.15) is 0 Å². The van der Waals surface area contributed by atoms with Crippen molar-refractivity contribution in [2.24, 2.45) is 0 Å². The van der Waals surface area contributed by atoms with Gasteiger partial charge in [0, 0.05) is 12.3 Å². The molecule has 2 N–H and O–H groups in total. The van der Waals surface area contributed by atoms with Crippen LogP contribution in [-0.4, -0.2) is 36.2 Å². The molecule has 1 aliphatic rings. The summed E-state index contributed by atoms with van der Waals surface area (Å²) in [4.78, 5) is 24.1. The van der Waals surface area contributed by atoms with Gasteiger partial charge >= 0.3 is 18.4 Å². The van der Waals surface area contributed by atoms with Crippen LogP contribution in [0.4, 0.5) is 18.0 Å². The Kier molecular flexibility index (Phi) is 6.45. The molecule has 9 heteroatoms. The van der Waals surface area contributed by atoms with Crippen molar-refractivity contribution in [3.05, 3.63) is 89.5 Å². The second kappa shape index (κ2) is 9.46. The van der Waals surface area contributed by atoms with E-state index in [4.69, 9.17) is 4.74 Å². The van der Waals surface area contributed by atoms with E-state index >= 15 is 0 Å². The Bertz CT molecular complexity index is 1170. The third kappa shape index (κ3) is 5.14. The molecule has 0 aromatic heterocycles. The van der Waals surface area contributed by atoms with Gasteiger partial charge in [-0.1, -0.05) is 66.7 Å². The fraction of sp³-hybridized carbons (Fsp3) is 0.200. The summed E-state index contributed by atoms with van der Waals surface area (Å²) in [7, 11) is 0. The molecule has 0 bridgehead atoms. The van der Waals surface area contributed by atoms with E-state index in [1.54, 1.807) is 0 Å². The second-order valence-corrected chi connectivity index (χ2v) is 7.72. The fourth-order valence-corrected chi connectivity index (χ4v) is 4.10. The number of benzene rings is 3. The van der Waals surface area contributed by atoms with Crippen molar-refractivity contribution in [2.75, 3.05) is 6.61 Å². The van der Waals surface area contributed by atoms with Crippen LogP contribution in [0.2, 0.25) is 0 Å². The lowest BCUT2D eigenvalue weighted by Gasteiger charge is -2.19. The molecular weight excluding hydrogens is 451 g/mol. The second-order valence-electron chi connectivity index (χ2n) is 7.72. The van der Waals surface area contributed by atoms with Gasteiger partial charge in [0.1, 0.15) is 18.4 Å². The molecule has 0 radical (unpaired) electrons. The lowest BCUT2D eigenvalue weighted by atomic mass is 9.98. The van der Waals surface area contributed by atoms with Crippen LogP contribution in [0.3, 0.4) is 0 Å². The zero-order valence-electron chi connectivity index (χ0n) is 17.7. The minimum absolute atomic E-state index is 0.0221. The Morgan fingerprint density at radius 2 is 1.47 bits per heavy atom. The van der Waals surface area contributed by atoms with Crippen LogP contribution in [-0.2, 0) is 16.0 Å². The first-order valence-corrected chi connectivity index (χ1v) is 10.4. The molecule has 1 atom stereocenters. The zero-order valence-corrected chi connectivity index (χ0v) is 17.7. The molecule has 176 valence electrons. The molecule has 3 aromatic carbocycles. The molecule has 1 unspecified atom stereocenters. The van der Waals surface area contributed by atoms with Gasteiger partial charge in [0.05, 0.1) is 0 Å². The maximum Gasteiger partial charge on any atom is 0.573 e. The van der Waals surface area contributed by atoms with Gasteiger partial charge in [0.25, 0.3) is 0 Å². The highest BCUT2D eigenvalue weighted by molar-refractivity contribution is 5.81. The Labute approximate surface area is 192 Å². The normalized spacial score (nSPS) is 13.5. The first-order valence-electron chi connectivity index (χ1n) is 10.4. The van der Waals surface area contributed by atoms with Gasteiger partial charge in [-0.05, 0) is 33.9 Å². The molecule has 0 heterocycles. The molecule has 34 heavy (non-hydrogen) atoms. The van der Waals surface area contributed by atoms with Crippen molar-refractivity contribution in [1.29, 1.82) is 0 Å². The number of aliphatic carboxylic acids is 1. The Balaban J connectivity index is 1.44. The van der Waals surface area contributed by atoms with Crippen LogP contribution in [0.15, 0.2) is 72.8 Å². The summed E-state index contributed by atoms with van der Waals surface area (Å²) in [6.07, 6.45) is -6.34. The van der Waals surface area contributed by atoms with Crippen molar-refractivity contribution in [1.82, 2.24) is 5.32 Å². The minimum Gasteiger partial charge on any atom is -0.480 e. The quantitative estimate of drug-likeness (QED) is 0.500. The summed E-state index contributed by atoms with van der Waals surface area (Å²) in [5, 5.41) is 11.7. The molecule has 3 aromatic rings. The van der Waals surface area contributed by atoms with Crippen LogP contribution in [0.25, 0.3) is 11.1 Å². The largest absolute Gasteiger partial charge is 0.573 e. The van der Waals surface area contributed by atoms with Crippen LogP contribution in [0.1, 0.15) is 22.6 Å². The lowest BCUT2D eigenvalue weighted by Crippen LogP contribution is -2.43. The number of hydrogen-bond donors (Lipinski definition) is 2. The number of halogens is 3. The van der Waals surface area contributed by atoms with Crippen LogP contribution in [0.5, 0.6) is 5.75 Å². The van der Waals surface area contributed by atoms with Gasteiger partial charge < -0.3 is 19.9 Å². The van der Waals surface area contributed by atoms with Gasteiger partial charge in [-0.3, -0.25) is 0 Å². The number of nitrogens with one attached hydrogen (secondary N) is 1. The summed E-state index contributed by atoms with van der Waals surface area (Å²) in [5.41, 5.74) is 4.04. The molecule has 4 rings (SSSR count). The molecule has 0 saturated carbocycles. The molecule has 1 amide bonds. The number of para-hydroxylation sites is 1. The molecule has 0 fully saturated rings. The van der Waals surface area contributed by atoms with Crippen molar-refractivity contribution >= 4 is 12.1 Å². The highest BCUT2D eigenvalue weighted by Crippen LogP contribution is 2.44. The van der Waals surface area contributed by atoms with E-state index in [0.717, 1.165) is 28.3 Å². The number of fused-ring (bicyclic) bond motifs is 3. The predicted octanol–water partition coefficient (Wildman–Crippen LogP) is 5.12. The molecule has 0 aliphatic heterocycles. The zero-order chi connectivity index (χ0) is 24.3. The number of rotatable bonds is 7. The van der Waals surface area contributed by atoms with Crippen molar-refractivity contribution in [3.63, 3.8) is 0 Å². The fourth-order valence-electron chi connectivity index (χ4n) is 4.10. The average Bonchev–Trinajstić information content (AvgIpc) is 3.11. The predicted molar refractivity (Wildman–Crippen MR) is 116 cm³/mol. The van der Waals surface area contributed by atoms with Crippen LogP contribution in [0, 0.1) is 0 Å². The van der Waals surface area contributed by atoms with E-state index in [1.807, 2.05) is 48.5 Å². The Hall–Kier alpha value is -4.01. The maximum absolute atomic E-state index is 12.7. The van der Waals surface area contributed by atoms with Gasteiger partial charge in [0.2, 0.25) is 0 Å². The number of amides is 1.